The van der Waals surface area contributed by atoms with Gasteiger partial charge in [0.2, 0.25) is 5.76 Å². The van der Waals surface area contributed by atoms with Crippen molar-refractivity contribution in [1.29, 1.82) is 0 Å². The van der Waals surface area contributed by atoms with Crippen molar-refractivity contribution >= 4 is 16.1 Å². The zero-order valence-electron chi connectivity index (χ0n) is 9.37. The number of rotatable bonds is 3. The lowest BCUT2D eigenvalue weighted by atomic mass is 10.2. The van der Waals surface area contributed by atoms with Crippen molar-refractivity contribution in [3.63, 3.8) is 0 Å². The van der Waals surface area contributed by atoms with Crippen molar-refractivity contribution < 1.29 is 21.9 Å². The van der Waals surface area contributed by atoms with Crippen molar-refractivity contribution in [3.8, 4) is 0 Å². The normalized spacial score (nSPS) is 24.2. The van der Waals surface area contributed by atoms with Crippen molar-refractivity contribution in [3.05, 3.63) is 42.0 Å². The Bertz CT molecular complexity index is 538. The Morgan fingerprint density at radius 1 is 1.35 bits per heavy atom. The fourth-order valence-electron chi connectivity index (χ4n) is 1.74. The third kappa shape index (κ3) is 2.06. The van der Waals surface area contributed by atoms with E-state index in [4.69, 9.17) is 4.84 Å². The van der Waals surface area contributed by atoms with Gasteiger partial charge in [-0.1, -0.05) is 30.3 Å². The molecule has 5 nitrogen and oxygen atoms in total. The molecule has 1 aliphatic rings. The van der Waals surface area contributed by atoms with Crippen LogP contribution in [0.1, 0.15) is 12.5 Å². The third-order valence-corrected chi connectivity index (χ3v) is 4.06. The second-order valence-corrected chi connectivity index (χ2v) is 5.29. The molecule has 0 radical (unpaired) electrons. The summed E-state index contributed by atoms with van der Waals surface area (Å²) in [6, 6.07) is 9.11. The van der Waals surface area contributed by atoms with Crippen LogP contribution in [-0.2, 0) is 15.1 Å². The van der Waals surface area contributed by atoms with Gasteiger partial charge in [0.1, 0.15) is 6.54 Å². The molecule has 17 heavy (non-hydrogen) atoms. The summed E-state index contributed by atoms with van der Waals surface area (Å²) < 4.78 is 32.8. The van der Waals surface area contributed by atoms with E-state index in [1.54, 1.807) is 25.1 Å². The lowest BCUT2D eigenvalue weighted by molar-refractivity contribution is -0.980. The van der Waals surface area contributed by atoms with E-state index in [2.05, 4.69) is 0 Å². The largest absolute Gasteiger partial charge is 0.699 e. The van der Waals surface area contributed by atoms with Gasteiger partial charge in [-0.05, 0) is 11.0 Å². The topological polar surface area (TPSA) is 66.4 Å². The number of hydrogen-bond donors (Lipinski definition) is 0. The van der Waals surface area contributed by atoms with Gasteiger partial charge in [0.15, 0.2) is 6.54 Å². The van der Waals surface area contributed by atoms with Gasteiger partial charge in [0, 0.05) is 11.6 Å². The van der Waals surface area contributed by atoms with Crippen LogP contribution < -0.4 is 0 Å². The van der Waals surface area contributed by atoms with E-state index < -0.39 is 14.4 Å². The molecule has 0 bridgehead atoms. The van der Waals surface area contributed by atoms with E-state index in [0.717, 1.165) is 5.56 Å². The molecule has 1 aromatic carbocycles. The van der Waals surface area contributed by atoms with E-state index in [9.17, 15) is 13.0 Å². The van der Waals surface area contributed by atoms with E-state index in [-0.39, 0.29) is 13.1 Å². The second-order valence-electron chi connectivity index (χ2n) is 3.77. The van der Waals surface area contributed by atoms with Crippen molar-refractivity contribution in [1.82, 2.24) is 0 Å². The molecule has 1 heterocycles. The predicted octanol–water partition coefficient (Wildman–Crippen LogP) is 1.27. The quantitative estimate of drug-likeness (QED) is 0.602. The standard InChI is InChI=1S/C11H13NO4S/c1-2-12(17(13,14)15)9-8-11(16-12)10-6-4-3-5-7-10/h3-8H,2,9H2,1H3. The molecule has 0 saturated heterocycles. The Morgan fingerprint density at radius 2 is 2.00 bits per heavy atom. The van der Waals surface area contributed by atoms with E-state index >= 15 is 0 Å². The van der Waals surface area contributed by atoms with Crippen LogP contribution in [0, 0.1) is 0 Å². The highest BCUT2D eigenvalue weighted by molar-refractivity contribution is 7.79. The summed E-state index contributed by atoms with van der Waals surface area (Å²) in [4.78, 5) is 5.35. The number of likely N-dealkylation sites (N-methyl/N-ethyl adjacent to an activating group) is 1. The molecule has 1 aliphatic heterocycles. The summed E-state index contributed by atoms with van der Waals surface area (Å²) in [6.45, 7) is 1.74. The summed E-state index contributed by atoms with van der Waals surface area (Å²) in [5.74, 6) is 0.437. The molecule has 0 aromatic heterocycles. The summed E-state index contributed by atoms with van der Waals surface area (Å²) in [5, 5.41) is 0. The van der Waals surface area contributed by atoms with Crippen LogP contribution in [-0.4, -0.2) is 30.1 Å². The Labute approximate surface area is 100 Å². The molecule has 1 atom stereocenters. The maximum Gasteiger partial charge on any atom is 0.294 e. The monoisotopic (exact) mass is 255 g/mol. The van der Waals surface area contributed by atoms with Gasteiger partial charge < -0.3 is 4.55 Å². The van der Waals surface area contributed by atoms with Crippen molar-refractivity contribution in [2.45, 2.75) is 6.92 Å². The minimum Gasteiger partial charge on any atom is -0.699 e. The Kier molecular flexibility index (Phi) is 2.94. The van der Waals surface area contributed by atoms with E-state index in [1.807, 2.05) is 18.2 Å². The van der Waals surface area contributed by atoms with Gasteiger partial charge in [0.05, 0.1) is 0 Å². The van der Waals surface area contributed by atoms with Crippen LogP contribution in [0.15, 0.2) is 36.4 Å². The molecule has 0 N–H and O–H groups in total. The van der Waals surface area contributed by atoms with Crippen molar-refractivity contribution in [2.75, 3.05) is 13.1 Å². The summed E-state index contributed by atoms with van der Waals surface area (Å²) in [7, 11) is -4.54. The van der Waals surface area contributed by atoms with E-state index in [0.29, 0.717) is 5.76 Å². The van der Waals surface area contributed by atoms with E-state index in [1.165, 1.54) is 0 Å². The van der Waals surface area contributed by atoms with Crippen LogP contribution in [0.2, 0.25) is 0 Å². The molecule has 0 amide bonds. The molecule has 2 rings (SSSR count). The fourth-order valence-corrected chi connectivity index (χ4v) is 2.48. The van der Waals surface area contributed by atoms with Gasteiger partial charge in [-0.2, -0.15) is 8.42 Å². The maximum atomic E-state index is 11.2. The van der Waals surface area contributed by atoms with Crippen LogP contribution in [0.5, 0.6) is 0 Å². The molecule has 6 heteroatoms. The lowest BCUT2D eigenvalue weighted by Gasteiger charge is -2.30. The van der Waals surface area contributed by atoms with Crippen LogP contribution >= 0.6 is 0 Å². The van der Waals surface area contributed by atoms with Crippen LogP contribution in [0.4, 0.5) is 0 Å². The smallest absolute Gasteiger partial charge is 0.294 e. The molecule has 1 aromatic rings. The van der Waals surface area contributed by atoms with Gasteiger partial charge in [-0.15, -0.1) is 0 Å². The number of quaternary nitrogens is 1. The first-order valence-electron chi connectivity index (χ1n) is 5.27. The Hall–Kier alpha value is -1.37. The molecule has 0 aliphatic carbocycles. The van der Waals surface area contributed by atoms with Gasteiger partial charge in [-0.25, -0.2) is 0 Å². The average molecular weight is 255 g/mol. The van der Waals surface area contributed by atoms with Gasteiger partial charge >= 0.3 is 0 Å². The SMILES string of the molecule is CC[N+]1(S(=O)(=O)[O-])CC=C(c2ccccc2)O1. The maximum absolute atomic E-state index is 11.2. The summed E-state index contributed by atoms with van der Waals surface area (Å²) in [5.41, 5.74) is 0.768. The summed E-state index contributed by atoms with van der Waals surface area (Å²) >= 11 is 0. The minimum absolute atomic E-state index is 0.0482. The Morgan fingerprint density at radius 3 is 2.47 bits per heavy atom. The zero-order chi connectivity index (χ0) is 12.5. The number of hydrogen-bond acceptors (Lipinski definition) is 4. The van der Waals surface area contributed by atoms with Crippen LogP contribution in [0.25, 0.3) is 5.76 Å². The first-order valence-corrected chi connectivity index (χ1v) is 6.63. The molecular formula is C11H13NO4S. The minimum atomic E-state index is -4.54. The van der Waals surface area contributed by atoms with Gasteiger partial charge in [0.25, 0.3) is 10.3 Å². The molecule has 0 fully saturated rings. The van der Waals surface area contributed by atoms with Crippen LogP contribution in [0.3, 0.4) is 0 Å². The fraction of sp³-hybridized carbons (Fsp3) is 0.273. The average Bonchev–Trinajstić information content (AvgIpc) is 2.75. The lowest BCUT2D eigenvalue weighted by Crippen LogP contribution is -2.49. The number of nitrogens with zero attached hydrogens (tertiary/aromatic N) is 1. The molecular weight excluding hydrogens is 242 g/mol. The molecule has 92 valence electrons. The first-order chi connectivity index (χ1) is 7.98. The summed E-state index contributed by atoms with van der Waals surface area (Å²) in [6.07, 6.45) is 1.63. The molecule has 0 spiro atoms. The van der Waals surface area contributed by atoms with Gasteiger partial charge in [-0.3, -0.25) is 4.84 Å². The highest BCUT2D eigenvalue weighted by atomic mass is 32.2. The highest BCUT2D eigenvalue weighted by Crippen LogP contribution is 2.30. The molecule has 0 saturated carbocycles. The Balaban J connectivity index is 2.30. The zero-order valence-corrected chi connectivity index (χ0v) is 10.2. The third-order valence-electron chi connectivity index (χ3n) is 2.77. The van der Waals surface area contributed by atoms with Crippen molar-refractivity contribution in [2.24, 2.45) is 0 Å². The number of benzene rings is 1. The number of hydroxylamine groups is 2. The second kappa shape index (κ2) is 4.14. The first kappa shape index (κ1) is 12.1. The predicted molar refractivity (Wildman–Crippen MR) is 60.9 cm³/mol. The molecule has 1 unspecified atom stereocenters. The highest BCUT2D eigenvalue weighted by Gasteiger charge is 2.41.